The molecule has 6 aromatic rings. The number of ether oxygens (including phenoxy) is 1. The van der Waals surface area contributed by atoms with Crippen LogP contribution in [0, 0.1) is 5.82 Å². The fraction of sp³-hybridized carbons (Fsp3) is 0.200. The minimum atomic E-state index is -0.940. The Balaban J connectivity index is 0.00000243. The Bertz CT molecular complexity index is 2230. The molecule has 0 radical (unpaired) electrons. The van der Waals surface area contributed by atoms with E-state index >= 15 is 4.39 Å². The van der Waals surface area contributed by atoms with E-state index < -0.39 is 23.4 Å². The molecule has 3 aromatic carbocycles. The van der Waals surface area contributed by atoms with Crippen molar-refractivity contribution in [3.05, 3.63) is 118 Å². The van der Waals surface area contributed by atoms with Crippen LogP contribution in [0.2, 0.25) is 0 Å². The molecule has 12 nitrogen and oxygen atoms in total. The Morgan fingerprint density at radius 2 is 1.84 bits per heavy atom. The summed E-state index contributed by atoms with van der Waals surface area (Å²) in [6.45, 7) is -0.294. The van der Waals surface area contributed by atoms with E-state index in [-0.39, 0.29) is 60.9 Å². The zero-order valence-electron chi connectivity index (χ0n) is 26.8. The van der Waals surface area contributed by atoms with E-state index in [0.717, 1.165) is 24.0 Å². The van der Waals surface area contributed by atoms with Gasteiger partial charge in [-0.15, -0.1) is 24.8 Å². The Kier molecular flexibility index (Phi) is 10.8. The van der Waals surface area contributed by atoms with E-state index in [1.807, 2.05) is 36.4 Å². The summed E-state index contributed by atoms with van der Waals surface area (Å²) in [5.41, 5.74) is 15.3. The van der Waals surface area contributed by atoms with Gasteiger partial charge in [0.2, 0.25) is 11.9 Å². The first-order valence-corrected chi connectivity index (χ1v) is 15.4. The molecular formula is C35H34Cl2FN9O3. The molecule has 7 rings (SSSR count). The Hall–Kier alpha value is -5.37. The highest BCUT2D eigenvalue weighted by Gasteiger charge is 2.26. The molecule has 0 aliphatic heterocycles. The molecule has 0 saturated heterocycles. The molecule has 0 bridgehead atoms. The average Bonchev–Trinajstić information content (AvgIpc) is 3.85. The van der Waals surface area contributed by atoms with E-state index in [2.05, 4.69) is 25.4 Å². The molecule has 1 atom stereocenters. The van der Waals surface area contributed by atoms with Crippen LogP contribution < -0.4 is 22.3 Å². The Morgan fingerprint density at radius 1 is 1.06 bits per heavy atom. The summed E-state index contributed by atoms with van der Waals surface area (Å²) in [5.74, 6) is -0.659. The average molecular weight is 719 g/mol. The van der Waals surface area contributed by atoms with E-state index in [9.17, 15) is 9.59 Å². The van der Waals surface area contributed by atoms with Gasteiger partial charge in [0.05, 0.1) is 23.0 Å². The normalized spacial score (nSPS) is 12.9. The third kappa shape index (κ3) is 7.59. The van der Waals surface area contributed by atoms with Gasteiger partial charge in [-0.2, -0.15) is 20.1 Å². The van der Waals surface area contributed by atoms with Crippen molar-refractivity contribution in [2.75, 3.05) is 11.1 Å². The molecular weight excluding hydrogens is 684 g/mol. The van der Waals surface area contributed by atoms with Crippen LogP contribution in [-0.2, 0) is 29.6 Å². The molecule has 15 heteroatoms. The zero-order valence-corrected chi connectivity index (χ0v) is 28.5. The van der Waals surface area contributed by atoms with Gasteiger partial charge >= 0.3 is 5.97 Å². The largest absolute Gasteiger partial charge is 0.460 e. The van der Waals surface area contributed by atoms with Gasteiger partial charge in [-0.3, -0.25) is 18.8 Å². The lowest BCUT2D eigenvalue weighted by atomic mass is 10.0. The number of esters is 1. The number of nitrogens with one attached hydrogen (secondary N) is 1. The second kappa shape index (κ2) is 15.0. The summed E-state index contributed by atoms with van der Waals surface area (Å²) in [6.07, 6.45) is 7.21. The number of carbonyl (C=O) groups is 1. The second-order valence-corrected chi connectivity index (χ2v) is 11.8. The molecule has 258 valence electrons. The van der Waals surface area contributed by atoms with Crippen LogP contribution in [0.5, 0.6) is 0 Å². The number of carbonyl (C=O) groups excluding carboxylic acids is 1. The summed E-state index contributed by atoms with van der Waals surface area (Å²) in [6, 6.07) is 18.6. The van der Waals surface area contributed by atoms with Crippen molar-refractivity contribution in [1.29, 1.82) is 0 Å². The quantitative estimate of drug-likeness (QED) is 0.157. The topological polar surface area (TPSA) is 169 Å². The van der Waals surface area contributed by atoms with Crippen molar-refractivity contribution in [3.8, 4) is 17.1 Å². The van der Waals surface area contributed by atoms with Crippen molar-refractivity contribution >= 4 is 59.1 Å². The smallest absolute Gasteiger partial charge is 0.323 e. The van der Waals surface area contributed by atoms with Gasteiger partial charge in [-0.05, 0) is 59.9 Å². The number of aromatic nitrogens is 6. The molecule has 1 unspecified atom stereocenters. The molecule has 1 aliphatic rings. The second-order valence-electron chi connectivity index (χ2n) is 11.8. The molecule has 0 spiro atoms. The SMILES string of the molecule is Cl.Cl.Cn1cc(Nc2nc(N)nc(-c3cccc(-n4ccc5cc(C6CC6)cc(F)c5c4=O)c3COC(=O)C(N)Cc3ccccc3)n2)cn1. The number of pyridine rings is 1. The standard InChI is InChI=1S/C35H32FN9O3.2ClH/c1-44-18-24(17-39-44)40-35-42-31(41-34(38)43-35)25-8-5-9-29(26(25)19-48-33(47)28(37)14-20-6-3-2-4-7-20)45-13-12-22-15-23(21-10-11-21)16-27(36)30(22)32(45)46;;/h2-9,12-13,15-18,21,28H,10-11,14,19,37H2,1H3,(H3,38,40,41,42,43);2*1H. The highest BCUT2D eigenvalue weighted by atomic mass is 35.5. The molecule has 5 N–H and O–H groups in total. The predicted molar refractivity (Wildman–Crippen MR) is 194 cm³/mol. The van der Waals surface area contributed by atoms with Gasteiger partial charge in [0.25, 0.3) is 5.56 Å². The van der Waals surface area contributed by atoms with E-state index in [4.69, 9.17) is 16.2 Å². The third-order valence-corrected chi connectivity index (χ3v) is 8.25. The summed E-state index contributed by atoms with van der Waals surface area (Å²) in [4.78, 5) is 40.2. The van der Waals surface area contributed by atoms with Crippen LogP contribution in [0.4, 0.5) is 22.0 Å². The fourth-order valence-electron chi connectivity index (χ4n) is 5.74. The maximum absolute atomic E-state index is 15.5. The van der Waals surface area contributed by atoms with Gasteiger partial charge in [-0.25, -0.2) is 4.39 Å². The molecule has 1 fully saturated rings. The molecule has 0 amide bonds. The summed E-state index contributed by atoms with van der Waals surface area (Å²) < 4.78 is 24.2. The van der Waals surface area contributed by atoms with Gasteiger partial charge in [0.1, 0.15) is 18.5 Å². The maximum atomic E-state index is 15.5. The lowest BCUT2D eigenvalue weighted by Crippen LogP contribution is -2.34. The van der Waals surface area contributed by atoms with Gasteiger partial charge in [0.15, 0.2) is 5.82 Å². The number of halogens is 3. The first kappa shape index (κ1) is 35.9. The van der Waals surface area contributed by atoms with Gasteiger partial charge in [0, 0.05) is 30.6 Å². The van der Waals surface area contributed by atoms with Gasteiger partial charge < -0.3 is 21.5 Å². The monoisotopic (exact) mass is 717 g/mol. The van der Waals surface area contributed by atoms with Crippen LogP contribution in [0.1, 0.15) is 35.4 Å². The van der Waals surface area contributed by atoms with Crippen LogP contribution in [0.3, 0.4) is 0 Å². The minimum absolute atomic E-state index is 0. The Labute approximate surface area is 298 Å². The number of nitrogens with zero attached hydrogens (tertiary/aromatic N) is 6. The number of fused-ring (bicyclic) bond motifs is 1. The first-order valence-electron chi connectivity index (χ1n) is 15.4. The number of aryl methyl sites for hydroxylation is 1. The molecule has 1 aliphatic carbocycles. The lowest BCUT2D eigenvalue weighted by Gasteiger charge is -2.18. The van der Waals surface area contributed by atoms with Crippen LogP contribution in [0.25, 0.3) is 27.8 Å². The van der Waals surface area contributed by atoms with Crippen molar-refractivity contribution in [2.24, 2.45) is 12.8 Å². The van der Waals surface area contributed by atoms with Crippen LogP contribution in [0.15, 0.2) is 90.1 Å². The van der Waals surface area contributed by atoms with Gasteiger partial charge in [-0.1, -0.05) is 48.5 Å². The number of hydrogen-bond donors (Lipinski definition) is 3. The number of hydrogen-bond acceptors (Lipinski definition) is 10. The summed E-state index contributed by atoms with van der Waals surface area (Å²) in [5, 5.41) is 7.68. The number of benzene rings is 3. The molecule has 1 saturated carbocycles. The lowest BCUT2D eigenvalue weighted by molar-refractivity contribution is -0.146. The number of rotatable bonds is 10. The zero-order chi connectivity index (χ0) is 33.4. The van der Waals surface area contributed by atoms with Crippen molar-refractivity contribution in [1.82, 2.24) is 29.3 Å². The molecule has 3 heterocycles. The highest BCUT2D eigenvalue weighted by molar-refractivity contribution is 5.86. The molecule has 3 aromatic heterocycles. The van der Waals surface area contributed by atoms with Crippen molar-refractivity contribution in [2.45, 2.75) is 37.8 Å². The minimum Gasteiger partial charge on any atom is -0.460 e. The third-order valence-electron chi connectivity index (χ3n) is 8.25. The molecule has 50 heavy (non-hydrogen) atoms. The van der Waals surface area contributed by atoms with E-state index in [1.54, 1.807) is 54.6 Å². The Morgan fingerprint density at radius 3 is 2.56 bits per heavy atom. The van der Waals surface area contributed by atoms with E-state index in [1.165, 1.54) is 10.6 Å². The first-order chi connectivity index (χ1) is 23.2. The summed E-state index contributed by atoms with van der Waals surface area (Å²) >= 11 is 0. The maximum Gasteiger partial charge on any atom is 0.323 e. The van der Waals surface area contributed by atoms with Crippen LogP contribution in [-0.4, -0.2) is 41.3 Å². The van der Waals surface area contributed by atoms with Crippen LogP contribution >= 0.6 is 24.8 Å². The van der Waals surface area contributed by atoms with Crippen molar-refractivity contribution in [3.63, 3.8) is 0 Å². The number of nitrogen functional groups attached to an aromatic ring is 1. The predicted octanol–water partition coefficient (Wildman–Crippen LogP) is 5.38. The van der Waals surface area contributed by atoms with E-state index in [0.29, 0.717) is 33.8 Å². The summed E-state index contributed by atoms with van der Waals surface area (Å²) in [7, 11) is 1.77. The number of anilines is 3. The highest BCUT2D eigenvalue weighted by Crippen LogP contribution is 2.41. The fourth-order valence-corrected chi connectivity index (χ4v) is 5.74. The number of nitrogens with two attached hydrogens (primary N) is 2. The van der Waals surface area contributed by atoms with Crippen molar-refractivity contribution < 1.29 is 13.9 Å².